The Morgan fingerprint density at radius 3 is 1.96 bits per heavy atom. The maximum absolute atomic E-state index is 10.3. The molecule has 0 radical (unpaired) electrons. The van der Waals surface area contributed by atoms with Crippen molar-refractivity contribution in [3.8, 4) is 11.5 Å². The van der Waals surface area contributed by atoms with E-state index >= 15 is 0 Å². The van der Waals surface area contributed by atoms with Crippen molar-refractivity contribution in [2.75, 3.05) is 13.6 Å². The van der Waals surface area contributed by atoms with Gasteiger partial charge in [-0.05, 0) is 36.4 Å². The number of para-hydroxylation sites is 2. The highest BCUT2D eigenvalue weighted by Crippen LogP contribution is 2.39. The Morgan fingerprint density at radius 1 is 0.958 bits per heavy atom. The summed E-state index contributed by atoms with van der Waals surface area (Å²) in [6, 6.07) is 14.7. The Morgan fingerprint density at radius 2 is 1.50 bits per heavy atom. The van der Waals surface area contributed by atoms with Gasteiger partial charge in [0.2, 0.25) is 0 Å². The van der Waals surface area contributed by atoms with Crippen LogP contribution in [0.3, 0.4) is 0 Å². The van der Waals surface area contributed by atoms with Crippen molar-refractivity contribution in [3.63, 3.8) is 0 Å². The molecular formula is C20H22BrNO2. The van der Waals surface area contributed by atoms with Gasteiger partial charge in [0.25, 0.3) is 0 Å². The van der Waals surface area contributed by atoms with Crippen LogP contribution in [0, 0.1) is 0 Å². The van der Waals surface area contributed by atoms with Crippen LogP contribution in [-0.2, 0) is 0 Å². The second kappa shape index (κ2) is 8.06. The lowest BCUT2D eigenvalue weighted by Gasteiger charge is -2.23. The Labute approximate surface area is 153 Å². The summed E-state index contributed by atoms with van der Waals surface area (Å²) < 4.78 is 0. The first-order chi connectivity index (χ1) is 11.1. The summed E-state index contributed by atoms with van der Waals surface area (Å²) in [5.41, 5.74) is 2.88. The lowest BCUT2D eigenvalue weighted by atomic mass is 9.84. The zero-order chi connectivity index (χ0) is 16.2. The van der Waals surface area contributed by atoms with Gasteiger partial charge in [-0.1, -0.05) is 42.5 Å². The molecule has 0 saturated heterocycles. The first-order valence-electron chi connectivity index (χ1n) is 7.78. The molecule has 0 bridgehead atoms. The van der Waals surface area contributed by atoms with Crippen molar-refractivity contribution in [1.29, 1.82) is 0 Å². The number of hydrogen-bond donors (Lipinski definition) is 2. The van der Waals surface area contributed by atoms with E-state index in [2.05, 4.69) is 23.3 Å². The molecule has 0 aliphatic carbocycles. The van der Waals surface area contributed by atoms with E-state index in [0.29, 0.717) is 0 Å². The van der Waals surface area contributed by atoms with Crippen LogP contribution < -0.4 is 0 Å². The van der Waals surface area contributed by atoms with Crippen LogP contribution in [0.5, 0.6) is 11.5 Å². The highest BCUT2D eigenvalue weighted by Gasteiger charge is 2.21. The van der Waals surface area contributed by atoms with Crippen LogP contribution in [0.1, 0.15) is 23.5 Å². The van der Waals surface area contributed by atoms with E-state index in [-0.39, 0.29) is 34.4 Å². The van der Waals surface area contributed by atoms with Crippen molar-refractivity contribution in [2.24, 2.45) is 0 Å². The number of allylic oxidation sites excluding steroid dienone is 2. The highest BCUT2D eigenvalue weighted by atomic mass is 79.9. The van der Waals surface area contributed by atoms with Crippen LogP contribution in [0.15, 0.2) is 72.5 Å². The topological polar surface area (TPSA) is 43.7 Å². The quantitative estimate of drug-likeness (QED) is 0.806. The number of aromatic hydroxyl groups is 2. The molecule has 2 aromatic rings. The van der Waals surface area contributed by atoms with E-state index in [1.807, 2.05) is 43.4 Å². The number of phenols is 2. The van der Waals surface area contributed by atoms with Gasteiger partial charge in [-0.2, -0.15) is 0 Å². The molecule has 3 rings (SSSR count). The standard InChI is InChI=1S/C20H21NO2.BrH/c1-21-12-10-15(11-13-21)14-18(16-6-2-4-8-19(16)22)17-7-3-5-9-20(17)23;/h2-12,18,22-23H,13-14H2,1H3;1H. The van der Waals surface area contributed by atoms with Gasteiger partial charge >= 0.3 is 0 Å². The Hall–Kier alpha value is -2.20. The summed E-state index contributed by atoms with van der Waals surface area (Å²) in [6.45, 7) is 0.875. The number of benzene rings is 2. The van der Waals surface area contributed by atoms with E-state index in [1.54, 1.807) is 12.1 Å². The molecule has 0 amide bonds. The molecule has 126 valence electrons. The molecule has 0 aromatic heterocycles. The van der Waals surface area contributed by atoms with Crippen LogP contribution in [0.2, 0.25) is 0 Å². The average molecular weight is 388 g/mol. The fourth-order valence-electron chi connectivity index (χ4n) is 2.95. The van der Waals surface area contributed by atoms with Gasteiger partial charge in [-0.15, -0.1) is 17.0 Å². The molecule has 0 saturated carbocycles. The summed E-state index contributed by atoms with van der Waals surface area (Å²) >= 11 is 0. The number of likely N-dealkylation sites (N-methyl/N-ethyl adjacent to an activating group) is 1. The second-order valence-corrected chi connectivity index (χ2v) is 5.91. The number of hydrogen-bond acceptors (Lipinski definition) is 3. The molecule has 24 heavy (non-hydrogen) atoms. The largest absolute Gasteiger partial charge is 0.508 e. The van der Waals surface area contributed by atoms with E-state index in [1.165, 1.54) is 5.57 Å². The minimum atomic E-state index is -0.0864. The Kier molecular flexibility index (Phi) is 6.10. The monoisotopic (exact) mass is 387 g/mol. The van der Waals surface area contributed by atoms with Crippen molar-refractivity contribution in [2.45, 2.75) is 12.3 Å². The van der Waals surface area contributed by atoms with Gasteiger partial charge in [0.1, 0.15) is 11.5 Å². The molecule has 0 fully saturated rings. The normalized spacial score (nSPS) is 13.6. The predicted molar refractivity (Wildman–Crippen MR) is 103 cm³/mol. The molecule has 4 heteroatoms. The smallest absolute Gasteiger partial charge is 0.119 e. The Bertz CT molecular complexity index is 709. The molecule has 1 aliphatic heterocycles. The summed E-state index contributed by atoms with van der Waals surface area (Å²) in [7, 11) is 2.04. The number of phenolic OH excluding ortho intramolecular Hbond substituents is 2. The van der Waals surface area contributed by atoms with E-state index in [9.17, 15) is 10.2 Å². The van der Waals surface area contributed by atoms with Gasteiger partial charge in [-0.3, -0.25) is 0 Å². The maximum Gasteiger partial charge on any atom is 0.119 e. The lowest BCUT2D eigenvalue weighted by molar-refractivity contribution is 0.453. The Balaban J connectivity index is 0.00000208. The minimum Gasteiger partial charge on any atom is -0.508 e. The van der Waals surface area contributed by atoms with Gasteiger partial charge in [0, 0.05) is 30.6 Å². The number of rotatable bonds is 4. The highest BCUT2D eigenvalue weighted by molar-refractivity contribution is 8.93. The summed E-state index contributed by atoms with van der Waals surface area (Å²) in [4.78, 5) is 2.11. The van der Waals surface area contributed by atoms with Crippen molar-refractivity contribution in [1.82, 2.24) is 4.90 Å². The summed E-state index contributed by atoms with van der Waals surface area (Å²) in [5, 5.41) is 20.6. The molecule has 0 spiro atoms. The van der Waals surface area contributed by atoms with Gasteiger partial charge < -0.3 is 15.1 Å². The van der Waals surface area contributed by atoms with Crippen LogP contribution >= 0.6 is 17.0 Å². The predicted octanol–water partition coefficient (Wildman–Crippen LogP) is 4.58. The number of nitrogens with zero attached hydrogens (tertiary/aromatic N) is 1. The van der Waals surface area contributed by atoms with Crippen molar-refractivity contribution in [3.05, 3.63) is 83.6 Å². The summed E-state index contributed by atoms with van der Waals surface area (Å²) in [6.07, 6.45) is 7.07. The van der Waals surface area contributed by atoms with Crippen LogP contribution in [0.25, 0.3) is 0 Å². The summed E-state index contributed by atoms with van der Waals surface area (Å²) in [5.74, 6) is 0.438. The maximum atomic E-state index is 10.3. The fraction of sp³-hybridized carbons (Fsp3) is 0.200. The molecule has 1 heterocycles. The third kappa shape index (κ3) is 4.01. The third-order valence-corrected chi connectivity index (χ3v) is 4.25. The third-order valence-electron chi connectivity index (χ3n) is 4.25. The van der Waals surface area contributed by atoms with Crippen molar-refractivity contribution >= 4 is 17.0 Å². The van der Waals surface area contributed by atoms with E-state index in [0.717, 1.165) is 24.1 Å². The molecule has 0 atom stereocenters. The second-order valence-electron chi connectivity index (χ2n) is 5.91. The zero-order valence-corrected chi connectivity index (χ0v) is 15.3. The minimum absolute atomic E-state index is 0. The van der Waals surface area contributed by atoms with Gasteiger partial charge in [0.05, 0.1) is 0 Å². The van der Waals surface area contributed by atoms with Crippen LogP contribution in [0.4, 0.5) is 0 Å². The van der Waals surface area contributed by atoms with E-state index < -0.39 is 0 Å². The average Bonchev–Trinajstić information content (AvgIpc) is 2.56. The molecule has 3 nitrogen and oxygen atoms in total. The zero-order valence-electron chi connectivity index (χ0n) is 13.6. The van der Waals surface area contributed by atoms with E-state index in [4.69, 9.17) is 0 Å². The number of halogens is 1. The molecule has 1 aliphatic rings. The molecule has 2 aromatic carbocycles. The van der Waals surface area contributed by atoms with Crippen molar-refractivity contribution < 1.29 is 10.2 Å². The van der Waals surface area contributed by atoms with Gasteiger partial charge in [-0.25, -0.2) is 0 Å². The van der Waals surface area contributed by atoms with Crippen LogP contribution in [-0.4, -0.2) is 28.7 Å². The molecular weight excluding hydrogens is 366 g/mol. The first-order valence-corrected chi connectivity index (χ1v) is 7.78. The lowest BCUT2D eigenvalue weighted by Crippen LogP contribution is -2.14. The van der Waals surface area contributed by atoms with Gasteiger partial charge in [0.15, 0.2) is 0 Å². The fourth-order valence-corrected chi connectivity index (χ4v) is 2.95. The molecule has 2 N–H and O–H groups in total. The SMILES string of the molecule is Br.CN1C=CC(CC(c2ccccc2O)c2ccccc2O)=CC1. The first kappa shape index (κ1) is 18.1. The molecule has 0 unspecified atom stereocenters.